The fourth-order valence-electron chi connectivity index (χ4n) is 3.03. The minimum absolute atomic E-state index is 0.0295. The van der Waals surface area contributed by atoms with Gasteiger partial charge in [-0.3, -0.25) is 4.79 Å². The fraction of sp³-hybridized carbons (Fsp3) is 0.500. The Balaban J connectivity index is 2.35. The molecule has 0 radical (unpaired) electrons. The number of fused-ring (bicyclic) bond motifs is 1. The molecule has 114 valence electrons. The summed E-state index contributed by atoms with van der Waals surface area (Å²) in [5.74, 6) is 1.83. The third-order valence-corrected chi connectivity index (χ3v) is 4.39. The zero-order valence-electron chi connectivity index (χ0n) is 13.7. The minimum atomic E-state index is 0.0295. The summed E-state index contributed by atoms with van der Waals surface area (Å²) in [5, 5.41) is 4.61. The van der Waals surface area contributed by atoms with Crippen molar-refractivity contribution in [3.63, 3.8) is 0 Å². The van der Waals surface area contributed by atoms with Crippen LogP contribution in [0, 0.1) is 17.8 Å². The summed E-state index contributed by atoms with van der Waals surface area (Å²) in [6, 6.07) is 9.75. The molecule has 0 amide bonds. The Bertz CT molecular complexity index is 662. The van der Waals surface area contributed by atoms with Gasteiger partial charge in [-0.1, -0.05) is 45.9 Å². The normalized spacial score (nSPS) is 11.8. The predicted octanol–water partition coefficient (Wildman–Crippen LogP) is 3.88. The maximum atomic E-state index is 12.1. The second-order valence-electron chi connectivity index (χ2n) is 6.51. The van der Waals surface area contributed by atoms with E-state index in [0.29, 0.717) is 17.8 Å². The number of hydrogen-bond acceptors (Lipinski definition) is 2. The second-order valence-corrected chi connectivity index (χ2v) is 6.51. The van der Waals surface area contributed by atoms with Crippen molar-refractivity contribution in [2.45, 2.75) is 27.7 Å². The topological polar surface area (TPSA) is 34.0 Å². The third-order valence-electron chi connectivity index (χ3n) is 4.39. The van der Waals surface area contributed by atoms with Gasteiger partial charge >= 0.3 is 0 Å². The lowest BCUT2D eigenvalue weighted by molar-refractivity contribution is 0.304. The number of para-hydroxylation sites is 1. The number of hydrogen-bond donors (Lipinski definition) is 1. The summed E-state index contributed by atoms with van der Waals surface area (Å²) in [6.07, 6.45) is 0. The Hall–Kier alpha value is -1.77. The first-order valence-electron chi connectivity index (χ1n) is 7.74. The van der Waals surface area contributed by atoms with Crippen molar-refractivity contribution in [2.24, 2.45) is 24.8 Å². The van der Waals surface area contributed by atoms with Crippen molar-refractivity contribution < 1.29 is 0 Å². The number of aromatic nitrogens is 1. The van der Waals surface area contributed by atoms with Crippen LogP contribution in [0.4, 0.5) is 5.69 Å². The van der Waals surface area contributed by atoms with Crippen LogP contribution in [0.15, 0.2) is 35.1 Å². The van der Waals surface area contributed by atoms with E-state index >= 15 is 0 Å². The molecule has 2 aromatic rings. The summed E-state index contributed by atoms with van der Waals surface area (Å²) in [6.45, 7) is 9.93. The van der Waals surface area contributed by atoms with Gasteiger partial charge in [0.2, 0.25) is 0 Å². The van der Waals surface area contributed by atoms with Gasteiger partial charge in [-0.15, -0.1) is 0 Å². The van der Waals surface area contributed by atoms with Crippen LogP contribution in [0.2, 0.25) is 0 Å². The van der Waals surface area contributed by atoms with E-state index < -0.39 is 0 Å². The predicted molar refractivity (Wildman–Crippen MR) is 90.8 cm³/mol. The lowest BCUT2D eigenvalue weighted by Gasteiger charge is -2.26. The standard InChI is InChI=1S/C18H26N2O/c1-12(2)15(13(3)4)11-19-16-10-18(21)20(5)17-9-7-6-8-14(16)17/h6-10,12-13,15,19H,11H2,1-5H3. The average Bonchev–Trinajstić information content (AvgIpc) is 2.43. The molecule has 1 aromatic carbocycles. The van der Waals surface area contributed by atoms with Crippen LogP contribution in [0.25, 0.3) is 10.9 Å². The number of nitrogens with zero attached hydrogens (tertiary/aromatic N) is 1. The molecule has 3 heteroatoms. The van der Waals surface area contributed by atoms with Gasteiger partial charge < -0.3 is 9.88 Å². The van der Waals surface area contributed by atoms with Crippen LogP contribution < -0.4 is 10.9 Å². The summed E-state index contributed by atoms with van der Waals surface area (Å²) in [4.78, 5) is 12.1. The van der Waals surface area contributed by atoms with E-state index in [-0.39, 0.29) is 5.56 Å². The van der Waals surface area contributed by atoms with Gasteiger partial charge in [-0.2, -0.15) is 0 Å². The van der Waals surface area contributed by atoms with E-state index in [1.54, 1.807) is 10.6 Å². The number of rotatable bonds is 5. The highest BCUT2D eigenvalue weighted by Gasteiger charge is 2.17. The molecule has 3 nitrogen and oxygen atoms in total. The van der Waals surface area contributed by atoms with Crippen molar-refractivity contribution >= 4 is 16.6 Å². The Morgan fingerprint density at radius 3 is 2.33 bits per heavy atom. The van der Waals surface area contributed by atoms with Crippen LogP contribution >= 0.6 is 0 Å². The molecule has 1 N–H and O–H groups in total. The molecule has 0 saturated heterocycles. The Morgan fingerprint density at radius 2 is 1.71 bits per heavy atom. The van der Waals surface area contributed by atoms with Gasteiger partial charge in [0.1, 0.15) is 0 Å². The molecule has 0 saturated carbocycles. The lowest BCUT2D eigenvalue weighted by atomic mass is 9.85. The summed E-state index contributed by atoms with van der Waals surface area (Å²) >= 11 is 0. The van der Waals surface area contributed by atoms with Crippen LogP contribution in [-0.2, 0) is 7.05 Å². The SMILES string of the molecule is CC(C)C(CNc1cc(=O)n(C)c2ccccc12)C(C)C. The molecule has 0 bridgehead atoms. The van der Waals surface area contributed by atoms with Gasteiger partial charge in [0, 0.05) is 30.7 Å². The number of aryl methyl sites for hydroxylation is 1. The highest BCUT2D eigenvalue weighted by Crippen LogP contribution is 2.24. The van der Waals surface area contributed by atoms with Crippen molar-refractivity contribution in [1.29, 1.82) is 0 Å². The molecule has 0 spiro atoms. The Labute approximate surface area is 127 Å². The van der Waals surface area contributed by atoms with E-state index in [1.165, 1.54) is 0 Å². The Kier molecular flexibility index (Phi) is 4.71. The van der Waals surface area contributed by atoms with Crippen molar-refractivity contribution in [2.75, 3.05) is 11.9 Å². The highest BCUT2D eigenvalue weighted by molar-refractivity contribution is 5.91. The van der Waals surface area contributed by atoms with E-state index in [1.807, 2.05) is 25.2 Å². The number of nitrogens with one attached hydrogen (secondary N) is 1. The first kappa shape index (κ1) is 15.6. The van der Waals surface area contributed by atoms with Gasteiger partial charge in [-0.05, 0) is 23.8 Å². The van der Waals surface area contributed by atoms with Crippen molar-refractivity contribution in [3.05, 3.63) is 40.7 Å². The van der Waals surface area contributed by atoms with E-state index in [9.17, 15) is 4.79 Å². The molecule has 0 fully saturated rings. The fourth-order valence-corrected chi connectivity index (χ4v) is 3.03. The van der Waals surface area contributed by atoms with E-state index in [2.05, 4.69) is 39.1 Å². The molecule has 1 heterocycles. The summed E-state index contributed by atoms with van der Waals surface area (Å²) < 4.78 is 1.70. The van der Waals surface area contributed by atoms with Gasteiger partial charge in [-0.25, -0.2) is 0 Å². The lowest BCUT2D eigenvalue weighted by Crippen LogP contribution is -2.25. The summed E-state index contributed by atoms with van der Waals surface area (Å²) in [7, 11) is 1.82. The molecule has 0 aliphatic carbocycles. The van der Waals surface area contributed by atoms with Gasteiger partial charge in [0.25, 0.3) is 5.56 Å². The second kappa shape index (κ2) is 6.33. The maximum Gasteiger partial charge on any atom is 0.252 e. The smallest absolute Gasteiger partial charge is 0.252 e. The molecule has 0 aliphatic heterocycles. The minimum Gasteiger partial charge on any atom is -0.384 e. The van der Waals surface area contributed by atoms with E-state index in [0.717, 1.165) is 23.1 Å². The Morgan fingerprint density at radius 1 is 1.10 bits per heavy atom. The van der Waals surface area contributed by atoms with Crippen LogP contribution in [0.1, 0.15) is 27.7 Å². The molecule has 1 aromatic heterocycles. The molecule has 0 atom stereocenters. The molecular weight excluding hydrogens is 260 g/mol. The monoisotopic (exact) mass is 286 g/mol. The van der Waals surface area contributed by atoms with Gasteiger partial charge in [0.15, 0.2) is 0 Å². The first-order valence-corrected chi connectivity index (χ1v) is 7.74. The first-order chi connectivity index (χ1) is 9.91. The molecule has 21 heavy (non-hydrogen) atoms. The quantitative estimate of drug-likeness (QED) is 0.905. The van der Waals surface area contributed by atoms with Crippen LogP contribution in [-0.4, -0.2) is 11.1 Å². The van der Waals surface area contributed by atoms with Gasteiger partial charge in [0.05, 0.1) is 5.52 Å². The van der Waals surface area contributed by atoms with Crippen LogP contribution in [0.5, 0.6) is 0 Å². The molecular formula is C18H26N2O. The van der Waals surface area contributed by atoms with Crippen molar-refractivity contribution in [1.82, 2.24) is 4.57 Å². The van der Waals surface area contributed by atoms with E-state index in [4.69, 9.17) is 0 Å². The van der Waals surface area contributed by atoms with Crippen molar-refractivity contribution in [3.8, 4) is 0 Å². The highest BCUT2D eigenvalue weighted by atomic mass is 16.1. The average molecular weight is 286 g/mol. The molecule has 0 unspecified atom stereocenters. The zero-order chi connectivity index (χ0) is 15.6. The number of benzene rings is 1. The largest absolute Gasteiger partial charge is 0.384 e. The zero-order valence-corrected chi connectivity index (χ0v) is 13.7. The van der Waals surface area contributed by atoms with Crippen LogP contribution in [0.3, 0.4) is 0 Å². The maximum absolute atomic E-state index is 12.1. The third kappa shape index (κ3) is 3.29. The molecule has 2 rings (SSSR count). The molecule has 0 aliphatic rings. The number of anilines is 1. The summed E-state index contributed by atoms with van der Waals surface area (Å²) in [5.41, 5.74) is 1.94. The number of pyridine rings is 1.